The van der Waals surface area contributed by atoms with Crippen LogP contribution in [0.1, 0.15) is 30.8 Å². The first-order valence-electron chi connectivity index (χ1n) is 10.3. The van der Waals surface area contributed by atoms with Gasteiger partial charge in [-0.15, -0.1) is 10.2 Å². The summed E-state index contributed by atoms with van der Waals surface area (Å²) >= 11 is 1.33. The number of rotatable bonds is 7. The molecule has 0 spiro atoms. The molecular weight excluding hydrogens is 432 g/mol. The maximum atomic E-state index is 12.5. The van der Waals surface area contributed by atoms with Crippen molar-refractivity contribution >= 4 is 38.3 Å². The molecule has 7 nitrogen and oxygen atoms in total. The Bertz CT molecular complexity index is 1200. The number of nitrogens with one attached hydrogen (secondary N) is 1. The van der Waals surface area contributed by atoms with E-state index in [4.69, 9.17) is 0 Å². The van der Waals surface area contributed by atoms with Crippen LogP contribution in [0.2, 0.25) is 0 Å². The summed E-state index contributed by atoms with van der Waals surface area (Å²) in [5.74, 6) is 1.49. The van der Waals surface area contributed by atoms with Crippen LogP contribution in [-0.2, 0) is 28.1 Å². The Labute approximate surface area is 186 Å². The number of sulfone groups is 1. The van der Waals surface area contributed by atoms with Crippen LogP contribution in [0.25, 0.3) is 10.8 Å². The largest absolute Gasteiger partial charge is 0.349 e. The number of carbonyl (C=O) groups excluding carboxylic acids is 1. The smallest absolute Gasteiger partial charge is 0.230 e. The minimum atomic E-state index is -2.91. The van der Waals surface area contributed by atoms with E-state index in [0.29, 0.717) is 18.0 Å². The molecule has 1 aliphatic heterocycles. The number of fused-ring (bicyclic) bond motifs is 1. The van der Waals surface area contributed by atoms with Crippen molar-refractivity contribution in [3.8, 4) is 0 Å². The first kappa shape index (κ1) is 21.8. The van der Waals surface area contributed by atoms with E-state index < -0.39 is 9.84 Å². The zero-order valence-electron chi connectivity index (χ0n) is 17.6. The molecule has 1 aromatic heterocycles. The molecule has 1 amide bonds. The summed E-state index contributed by atoms with van der Waals surface area (Å²) in [7, 11) is -1.05. The average molecular weight is 459 g/mol. The minimum absolute atomic E-state index is 0.0723. The summed E-state index contributed by atoms with van der Waals surface area (Å²) in [4.78, 5) is 12.5. The molecule has 9 heteroatoms. The van der Waals surface area contributed by atoms with Crippen LogP contribution in [0.5, 0.6) is 0 Å². The third-order valence-electron chi connectivity index (χ3n) is 5.72. The van der Waals surface area contributed by atoms with Gasteiger partial charge in [-0.1, -0.05) is 54.2 Å². The van der Waals surface area contributed by atoms with Gasteiger partial charge in [-0.2, -0.15) is 0 Å². The number of hydrogen-bond donors (Lipinski definition) is 1. The molecule has 2 heterocycles. The molecule has 0 saturated carbocycles. The number of hydrogen-bond acceptors (Lipinski definition) is 6. The minimum Gasteiger partial charge on any atom is -0.349 e. The van der Waals surface area contributed by atoms with Crippen LogP contribution in [0, 0.1) is 5.92 Å². The van der Waals surface area contributed by atoms with E-state index in [-0.39, 0.29) is 35.1 Å². The first-order valence-corrected chi connectivity index (χ1v) is 13.1. The van der Waals surface area contributed by atoms with Crippen molar-refractivity contribution in [2.75, 3.05) is 17.3 Å². The molecule has 0 aliphatic carbocycles. The lowest BCUT2D eigenvalue weighted by molar-refractivity contribution is -0.119. The van der Waals surface area contributed by atoms with Gasteiger partial charge in [0.25, 0.3) is 0 Å². The fourth-order valence-corrected chi connectivity index (χ4v) is 6.66. The zero-order valence-corrected chi connectivity index (χ0v) is 19.2. The van der Waals surface area contributed by atoms with E-state index in [1.807, 2.05) is 42.8 Å². The van der Waals surface area contributed by atoms with Crippen molar-refractivity contribution in [1.29, 1.82) is 0 Å². The predicted octanol–water partition coefficient (Wildman–Crippen LogP) is 2.92. The maximum Gasteiger partial charge on any atom is 0.230 e. The predicted molar refractivity (Wildman–Crippen MR) is 123 cm³/mol. The van der Waals surface area contributed by atoms with Crippen molar-refractivity contribution in [3.05, 3.63) is 53.9 Å². The van der Waals surface area contributed by atoms with Crippen LogP contribution in [0.3, 0.4) is 0 Å². The van der Waals surface area contributed by atoms with Gasteiger partial charge < -0.3 is 9.88 Å². The lowest BCUT2D eigenvalue weighted by atomic mass is 10.00. The van der Waals surface area contributed by atoms with E-state index in [1.165, 1.54) is 11.8 Å². The van der Waals surface area contributed by atoms with Crippen LogP contribution in [-0.4, -0.2) is 46.3 Å². The second kappa shape index (κ2) is 9.00. The van der Waals surface area contributed by atoms with Crippen molar-refractivity contribution in [2.24, 2.45) is 13.0 Å². The van der Waals surface area contributed by atoms with Gasteiger partial charge in [0.1, 0.15) is 5.82 Å². The highest BCUT2D eigenvalue weighted by atomic mass is 32.2. The summed E-state index contributed by atoms with van der Waals surface area (Å²) in [6.45, 7) is 1.99. The lowest BCUT2D eigenvalue weighted by Gasteiger charge is -2.16. The second-order valence-corrected chi connectivity index (χ2v) is 11.2. The number of aromatic nitrogens is 3. The van der Waals surface area contributed by atoms with Crippen molar-refractivity contribution in [1.82, 2.24) is 20.1 Å². The summed E-state index contributed by atoms with van der Waals surface area (Å²) in [5, 5.41) is 14.4. The van der Waals surface area contributed by atoms with Crippen LogP contribution in [0.15, 0.2) is 47.6 Å². The Kier molecular flexibility index (Phi) is 6.34. The number of thioether (sulfide) groups is 1. The van der Waals surface area contributed by atoms with Gasteiger partial charge >= 0.3 is 0 Å². The molecule has 0 bridgehead atoms. The Balaban J connectivity index is 1.34. The molecule has 1 N–H and O–H groups in total. The van der Waals surface area contributed by atoms with Gasteiger partial charge in [-0.25, -0.2) is 8.42 Å². The Morgan fingerprint density at radius 2 is 2.00 bits per heavy atom. The molecule has 1 saturated heterocycles. The SMILES string of the molecule is C[C@@H](NC(=O)CSc1nnc(C[C@H]2CCS(=O)(=O)C2)n1C)c1cccc2ccccc12. The number of nitrogens with zero attached hydrogens (tertiary/aromatic N) is 3. The van der Waals surface area contributed by atoms with Crippen molar-refractivity contribution < 1.29 is 13.2 Å². The zero-order chi connectivity index (χ0) is 22.0. The molecule has 164 valence electrons. The fourth-order valence-electron chi connectivity index (χ4n) is 4.06. The standard InChI is InChI=1S/C22H26N4O3S2/c1-15(18-9-5-7-17-6-3-4-8-19(17)18)23-21(27)13-30-22-25-24-20(26(22)2)12-16-10-11-31(28,29)14-16/h3-9,15-16H,10-14H2,1-2H3,(H,23,27)/t15-,16-/m1/s1. The highest BCUT2D eigenvalue weighted by Gasteiger charge is 2.29. The summed E-state index contributed by atoms with van der Waals surface area (Å²) < 4.78 is 25.2. The molecule has 3 aromatic rings. The molecule has 2 atom stereocenters. The molecule has 1 aliphatic rings. The quantitative estimate of drug-likeness (QED) is 0.547. The lowest BCUT2D eigenvalue weighted by Crippen LogP contribution is -2.28. The molecule has 0 unspecified atom stereocenters. The number of carbonyl (C=O) groups is 1. The maximum absolute atomic E-state index is 12.5. The van der Waals surface area contributed by atoms with E-state index in [2.05, 4.69) is 33.7 Å². The molecule has 31 heavy (non-hydrogen) atoms. The van der Waals surface area contributed by atoms with Gasteiger partial charge in [0, 0.05) is 13.5 Å². The number of amides is 1. The van der Waals surface area contributed by atoms with Crippen LogP contribution < -0.4 is 5.32 Å². The average Bonchev–Trinajstić information content (AvgIpc) is 3.27. The van der Waals surface area contributed by atoms with Gasteiger partial charge in [-0.3, -0.25) is 4.79 Å². The van der Waals surface area contributed by atoms with E-state index in [0.717, 1.165) is 22.2 Å². The van der Waals surface area contributed by atoms with Gasteiger partial charge in [-0.05, 0) is 35.6 Å². The highest BCUT2D eigenvalue weighted by molar-refractivity contribution is 7.99. The van der Waals surface area contributed by atoms with Crippen molar-refractivity contribution in [2.45, 2.75) is 31.0 Å². The van der Waals surface area contributed by atoms with Crippen LogP contribution in [0.4, 0.5) is 0 Å². The first-order chi connectivity index (χ1) is 14.8. The molecular formula is C22H26N4O3S2. The Morgan fingerprint density at radius 1 is 1.23 bits per heavy atom. The van der Waals surface area contributed by atoms with Crippen LogP contribution >= 0.6 is 11.8 Å². The topological polar surface area (TPSA) is 94.0 Å². The van der Waals surface area contributed by atoms with Gasteiger partial charge in [0.05, 0.1) is 23.3 Å². The van der Waals surface area contributed by atoms with E-state index >= 15 is 0 Å². The Hall–Kier alpha value is -2.39. The second-order valence-electron chi connectivity index (χ2n) is 8.08. The Morgan fingerprint density at radius 3 is 2.77 bits per heavy atom. The van der Waals surface area contributed by atoms with Gasteiger partial charge in [0.2, 0.25) is 5.91 Å². The molecule has 4 rings (SSSR count). The highest BCUT2D eigenvalue weighted by Crippen LogP contribution is 2.25. The van der Waals surface area contributed by atoms with Gasteiger partial charge in [0.15, 0.2) is 15.0 Å². The summed E-state index contributed by atoms with van der Waals surface area (Å²) in [5.41, 5.74) is 1.09. The van der Waals surface area contributed by atoms with E-state index in [1.54, 1.807) is 0 Å². The summed E-state index contributed by atoms with van der Waals surface area (Å²) in [6.07, 6.45) is 1.26. The van der Waals surface area contributed by atoms with Crippen molar-refractivity contribution in [3.63, 3.8) is 0 Å². The monoisotopic (exact) mass is 458 g/mol. The molecule has 0 radical (unpaired) electrons. The molecule has 1 fully saturated rings. The molecule has 2 aromatic carbocycles. The normalized spacial score (nSPS) is 18.8. The fraction of sp³-hybridized carbons (Fsp3) is 0.409. The summed E-state index contributed by atoms with van der Waals surface area (Å²) in [6, 6.07) is 14.1. The third kappa shape index (κ3) is 5.10. The third-order valence-corrected chi connectivity index (χ3v) is 8.58. The number of benzene rings is 2. The van der Waals surface area contributed by atoms with E-state index in [9.17, 15) is 13.2 Å².